The third-order valence-electron chi connectivity index (χ3n) is 5.53. The molecule has 0 aliphatic carbocycles. The van der Waals surface area contributed by atoms with Crippen LogP contribution in [0.1, 0.15) is 18.9 Å². The smallest absolute Gasteiger partial charge is 0.475 e. The molecule has 0 amide bonds. The van der Waals surface area contributed by atoms with Gasteiger partial charge in [0.2, 0.25) is 10.0 Å². The molecule has 1 aromatic rings. The van der Waals surface area contributed by atoms with Crippen LogP contribution in [-0.2, 0) is 30.9 Å². The summed E-state index contributed by atoms with van der Waals surface area (Å²) in [7, 11) is -1.43. The zero-order chi connectivity index (χ0) is 28.6. The van der Waals surface area contributed by atoms with Gasteiger partial charge in [0, 0.05) is 57.6 Å². The van der Waals surface area contributed by atoms with Crippen LogP contribution >= 0.6 is 0 Å². The van der Waals surface area contributed by atoms with Gasteiger partial charge in [-0.2, -0.15) is 30.6 Å². The molecule has 10 nitrogen and oxygen atoms in total. The highest BCUT2D eigenvalue weighted by atomic mass is 32.2. The molecule has 0 radical (unpaired) electrons. The first-order valence-corrected chi connectivity index (χ1v) is 12.3. The molecule has 17 heteroatoms. The Morgan fingerprint density at radius 1 is 1.11 bits per heavy atom. The van der Waals surface area contributed by atoms with Gasteiger partial charge in [-0.15, -0.1) is 0 Å². The molecule has 3 atom stereocenters. The molecule has 0 bridgehead atoms. The minimum Gasteiger partial charge on any atom is -0.475 e. The maximum absolute atomic E-state index is 12.4. The number of methoxy groups -OCH3 is 1. The second-order valence-corrected chi connectivity index (χ2v) is 10.2. The summed E-state index contributed by atoms with van der Waals surface area (Å²) < 4.78 is 95.7. The van der Waals surface area contributed by atoms with E-state index in [0.29, 0.717) is 6.54 Å². The number of nitrogens with zero attached hydrogens (tertiary/aromatic N) is 3. The van der Waals surface area contributed by atoms with E-state index in [1.807, 2.05) is 12.3 Å². The lowest BCUT2D eigenvalue weighted by molar-refractivity contribution is -0.193. The number of alkyl halides is 6. The fourth-order valence-electron chi connectivity index (χ4n) is 3.88. The zero-order valence-corrected chi connectivity index (χ0v) is 20.6. The van der Waals surface area contributed by atoms with Gasteiger partial charge in [0.25, 0.3) is 0 Å². The Morgan fingerprint density at radius 2 is 1.65 bits per heavy atom. The minimum atomic E-state index is -5.08. The average Bonchev–Trinajstić information content (AvgIpc) is 3.22. The van der Waals surface area contributed by atoms with Gasteiger partial charge in [0.05, 0.1) is 11.9 Å². The number of halogens is 6. The first-order valence-electron chi connectivity index (χ1n) is 10.7. The fraction of sp³-hybridized carbons (Fsp3) is 0.650. The summed E-state index contributed by atoms with van der Waals surface area (Å²) in [6.45, 7) is 4.72. The molecule has 2 saturated heterocycles. The molecule has 0 aromatic carbocycles. The van der Waals surface area contributed by atoms with Crippen molar-refractivity contribution in [1.29, 1.82) is 0 Å². The lowest BCUT2D eigenvalue weighted by Crippen LogP contribution is -2.53. The third-order valence-corrected chi connectivity index (χ3v) is 7.43. The monoisotopic (exact) mass is 567 g/mol. The topological polar surface area (TPSA) is 137 Å². The number of hydrogen-bond acceptors (Lipinski definition) is 7. The summed E-state index contributed by atoms with van der Waals surface area (Å²) in [5.41, 5.74) is 1.16. The molecule has 1 aromatic heterocycles. The van der Waals surface area contributed by atoms with Crippen LogP contribution in [0.2, 0.25) is 0 Å². The molecule has 0 saturated carbocycles. The van der Waals surface area contributed by atoms with E-state index in [1.165, 1.54) is 0 Å². The van der Waals surface area contributed by atoms with E-state index in [0.717, 1.165) is 31.6 Å². The number of fused-ring (bicyclic) bond motifs is 1. The van der Waals surface area contributed by atoms with Gasteiger partial charge in [0.15, 0.2) is 0 Å². The van der Waals surface area contributed by atoms with Gasteiger partial charge in [0.1, 0.15) is 0 Å². The van der Waals surface area contributed by atoms with Crippen LogP contribution in [0, 0.1) is 5.92 Å². The second-order valence-electron chi connectivity index (χ2n) is 7.97. The molecular weight excluding hydrogens is 540 g/mol. The standard InChI is InChI=1S/C16H25N3O3S.2C2HF3O2/c1-3-23(20,21)19-8-6-16(22-2)14-11-18(12-15(14)19)10-13-5-4-7-17-9-13;2*3-2(4,5)1(6)7/h4-5,7,9,14-16H,3,6,8,10-12H2,1-2H3;2*(H,6,7)/t14-,15+,16+;;/m0../s1. The van der Waals surface area contributed by atoms with E-state index in [-0.39, 0.29) is 23.8 Å². The number of piperidine rings is 1. The molecule has 2 aliphatic heterocycles. The molecule has 37 heavy (non-hydrogen) atoms. The van der Waals surface area contributed by atoms with Crippen LogP contribution in [0.25, 0.3) is 0 Å². The molecule has 2 N–H and O–H groups in total. The van der Waals surface area contributed by atoms with E-state index < -0.39 is 34.3 Å². The largest absolute Gasteiger partial charge is 0.490 e. The Balaban J connectivity index is 0.000000404. The minimum absolute atomic E-state index is 0.0234. The van der Waals surface area contributed by atoms with E-state index >= 15 is 0 Å². The number of aliphatic carboxylic acids is 2. The molecule has 2 fully saturated rings. The maximum atomic E-state index is 12.4. The Morgan fingerprint density at radius 3 is 2.05 bits per heavy atom. The molecule has 0 unspecified atom stereocenters. The number of aromatic nitrogens is 1. The second kappa shape index (κ2) is 13.3. The quantitative estimate of drug-likeness (QED) is 0.513. The maximum Gasteiger partial charge on any atom is 0.490 e. The first kappa shape index (κ1) is 32.5. The van der Waals surface area contributed by atoms with Gasteiger partial charge in [-0.1, -0.05) is 6.07 Å². The number of pyridine rings is 1. The molecule has 0 spiro atoms. The normalized spacial score (nSPS) is 22.6. The lowest BCUT2D eigenvalue weighted by Gasteiger charge is -2.39. The number of sulfonamides is 1. The molecule has 3 rings (SSSR count). The van der Waals surface area contributed by atoms with Crippen molar-refractivity contribution in [3.05, 3.63) is 30.1 Å². The van der Waals surface area contributed by atoms with Gasteiger partial charge >= 0.3 is 24.3 Å². The summed E-state index contributed by atoms with van der Waals surface area (Å²) in [5, 5.41) is 14.2. The fourth-order valence-corrected chi connectivity index (χ4v) is 5.23. The Labute approximate surface area is 208 Å². The molecule has 3 heterocycles. The summed E-state index contributed by atoms with van der Waals surface area (Å²) in [4.78, 5) is 24.3. The summed E-state index contributed by atoms with van der Waals surface area (Å²) in [6, 6.07) is 4.02. The Hall–Kier alpha value is -2.50. The highest BCUT2D eigenvalue weighted by molar-refractivity contribution is 7.89. The van der Waals surface area contributed by atoms with Crippen molar-refractivity contribution in [2.24, 2.45) is 5.92 Å². The van der Waals surface area contributed by atoms with Crippen LogP contribution in [0.5, 0.6) is 0 Å². The van der Waals surface area contributed by atoms with Crippen molar-refractivity contribution in [1.82, 2.24) is 14.2 Å². The number of ether oxygens (including phenoxy) is 1. The van der Waals surface area contributed by atoms with Crippen LogP contribution in [0.4, 0.5) is 26.3 Å². The van der Waals surface area contributed by atoms with E-state index in [2.05, 4.69) is 16.0 Å². The van der Waals surface area contributed by atoms with Gasteiger partial charge in [-0.25, -0.2) is 18.0 Å². The molecular formula is C20H27F6N3O7S. The SMILES string of the molecule is CCS(=O)(=O)N1CC[C@@H](OC)[C@H]2CN(Cc3cccnc3)C[C@H]21.O=C(O)C(F)(F)F.O=C(O)C(F)(F)F. The van der Waals surface area contributed by atoms with Crippen LogP contribution in [-0.4, -0.2) is 102 Å². The first-order chi connectivity index (χ1) is 16.9. The summed E-state index contributed by atoms with van der Waals surface area (Å²) in [5.74, 6) is -5.11. The van der Waals surface area contributed by atoms with E-state index in [9.17, 15) is 34.8 Å². The van der Waals surface area contributed by atoms with Crippen molar-refractivity contribution in [3.8, 4) is 0 Å². The van der Waals surface area contributed by atoms with Crippen LogP contribution in [0.3, 0.4) is 0 Å². The number of carboxylic acids is 2. The highest BCUT2D eigenvalue weighted by Gasteiger charge is 2.47. The van der Waals surface area contributed by atoms with Crippen molar-refractivity contribution in [3.63, 3.8) is 0 Å². The summed E-state index contributed by atoms with van der Waals surface area (Å²) >= 11 is 0. The van der Waals surface area contributed by atoms with Crippen molar-refractivity contribution in [2.75, 3.05) is 32.5 Å². The predicted octanol–water partition coefficient (Wildman–Crippen LogP) is 2.22. The van der Waals surface area contributed by atoms with E-state index in [4.69, 9.17) is 24.5 Å². The lowest BCUT2D eigenvalue weighted by atomic mass is 9.91. The number of rotatable bonds is 5. The zero-order valence-electron chi connectivity index (χ0n) is 19.7. The van der Waals surface area contributed by atoms with Crippen molar-refractivity contribution >= 4 is 22.0 Å². The average molecular weight is 568 g/mol. The predicted molar refractivity (Wildman–Crippen MR) is 116 cm³/mol. The van der Waals surface area contributed by atoms with Crippen molar-refractivity contribution < 1.29 is 59.3 Å². The van der Waals surface area contributed by atoms with Gasteiger partial charge < -0.3 is 14.9 Å². The van der Waals surface area contributed by atoms with Gasteiger partial charge in [-0.3, -0.25) is 9.88 Å². The number of hydrogen-bond donors (Lipinski definition) is 2. The third kappa shape index (κ3) is 10.1. The number of carboxylic acid groups (broad SMARTS) is 2. The van der Waals surface area contributed by atoms with E-state index in [1.54, 1.807) is 24.5 Å². The molecule has 212 valence electrons. The highest BCUT2D eigenvalue weighted by Crippen LogP contribution is 2.34. The van der Waals surface area contributed by atoms with Crippen molar-refractivity contribution in [2.45, 2.75) is 44.4 Å². The van der Waals surface area contributed by atoms with Gasteiger partial charge in [-0.05, 0) is 25.0 Å². The Bertz CT molecular complexity index is 968. The number of carbonyl (C=O) groups is 2. The van der Waals surface area contributed by atoms with Crippen LogP contribution in [0.15, 0.2) is 24.5 Å². The summed E-state index contributed by atoms with van der Waals surface area (Å²) in [6.07, 6.45) is -5.61. The number of likely N-dealkylation sites (tertiary alicyclic amines) is 1. The molecule has 2 aliphatic rings. The van der Waals surface area contributed by atoms with Crippen LogP contribution < -0.4 is 0 Å². The Kier molecular flexibility index (Phi) is 11.7.